The molecule has 0 unspecified atom stereocenters. The Morgan fingerprint density at radius 3 is 2.06 bits per heavy atom. The smallest absolute Gasteiger partial charge is 0.231 e. The predicted octanol–water partition coefficient (Wildman–Crippen LogP) is 4.80. The molecule has 0 atom stereocenters. The van der Waals surface area contributed by atoms with Crippen molar-refractivity contribution < 1.29 is 9.59 Å². The number of rotatable bonds is 7. The molecule has 0 spiro atoms. The van der Waals surface area contributed by atoms with E-state index in [4.69, 9.17) is 0 Å². The fourth-order valence-corrected chi connectivity index (χ4v) is 4.65. The second-order valence-electron chi connectivity index (χ2n) is 8.98. The molecule has 0 saturated carbocycles. The fraction of sp³-hybridized carbons (Fsp3) is 0.310. The lowest BCUT2D eigenvalue weighted by Gasteiger charge is -2.41. The maximum absolute atomic E-state index is 13.5. The van der Waals surface area contributed by atoms with E-state index in [1.807, 2.05) is 53.4 Å². The third-order valence-electron chi connectivity index (χ3n) is 6.77. The summed E-state index contributed by atoms with van der Waals surface area (Å²) < 4.78 is 0. The van der Waals surface area contributed by atoms with Crippen LogP contribution in [0.15, 0.2) is 84.9 Å². The van der Waals surface area contributed by atoms with Gasteiger partial charge in [-0.05, 0) is 42.9 Å². The van der Waals surface area contributed by atoms with Crippen LogP contribution < -0.4 is 5.32 Å². The lowest BCUT2D eigenvalue weighted by atomic mass is 9.72. The Kier molecular flexibility index (Phi) is 7.23. The molecule has 0 aromatic heterocycles. The van der Waals surface area contributed by atoms with E-state index in [2.05, 4.69) is 48.6 Å². The summed E-state index contributed by atoms with van der Waals surface area (Å²) in [6, 6.07) is 28.4. The Balaban J connectivity index is 1.42. The fourth-order valence-electron chi connectivity index (χ4n) is 4.65. The normalized spacial score (nSPS) is 15.1. The molecule has 1 fully saturated rings. The van der Waals surface area contributed by atoms with Crippen molar-refractivity contribution in [3.63, 3.8) is 0 Å². The van der Waals surface area contributed by atoms with Gasteiger partial charge >= 0.3 is 0 Å². The second kappa shape index (κ2) is 10.5. The van der Waals surface area contributed by atoms with Crippen molar-refractivity contribution in [2.24, 2.45) is 0 Å². The highest BCUT2D eigenvalue weighted by molar-refractivity contribution is 5.89. The van der Waals surface area contributed by atoms with Gasteiger partial charge in [-0.15, -0.1) is 0 Å². The van der Waals surface area contributed by atoms with E-state index < -0.39 is 5.41 Å². The highest BCUT2D eigenvalue weighted by Crippen LogP contribution is 2.36. The van der Waals surface area contributed by atoms with E-state index in [1.54, 1.807) is 0 Å². The molecule has 1 aliphatic rings. The van der Waals surface area contributed by atoms with Crippen LogP contribution >= 0.6 is 0 Å². The van der Waals surface area contributed by atoms with Gasteiger partial charge in [-0.2, -0.15) is 0 Å². The Hall–Kier alpha value is -3.40. The van der Waals surface area contributed by atoms with Crippen molar-refractivity contribution >= 4 is 11.8 Å². The van der Waals surface area contributed by atoms with Crippen molar-refractivity contribution in [2.75, 3.05) is 13.1 Å². The molecule has 33 heavy (non-hydrogen) atoms. The van der Waals surface area contributed by atoms with E-state index in [0.717, 1.165) is 17.5 Å². The number of benzene rings is 3. The zero-order chi connectivity index (χ0) is 23.1. The van der Waals surface area contributed by atoms with E-state index in [-0.39, 0.29) is 11.8 Å². The number of nitrogens with one attached hydrogen (secondary N) is 1. The molecule has 1 heterocycles. The zero-order valence-electron chi connectivity index (χ0n) is 19.3. The highest BCUT2D eigenvalue weighted by atomic mass is 16.2. The lowest BCUT2D eigenvalue weighted by Crippen LogP contribution is -2.52. The lowest BCUT2D eigenvalue weighted by molar-refractivity contribution is -0.137. The van der Waals surface area contributed by atoms with Crippen molar-refractivity contribution in [3.05, 3.63) is 107 Å². The van der Waals surface area contributed by atoms with Gasteiger partial charge in [0.25, 0.3) is 0 Å². The third kappa shape index (κ3) is 5.51. The molecule has 0 bridgehead atoms. The van der Waals surface area contributed by atoms with Gasteiger partial charge in [0.1, 0.15) is 0 Å². The summed E-state index contributed by atoms with van der Waals surface area (Å²) >= 11 is 0. The van der Waals surface area contributed by atoms with Crippen molar-refractivity contribution in [2.45, 2.75) is 44.6 Å². The SMILES string of the molecule is Cc1ccc(CNC(=O)C2(c3ccccc3)CCN(C(=O)CCc3ccccc3)CC2)cc1. The first-order valence-corrected chi connectivity index (χ1v) is 11.8. The molecule has 1 aliphatic heterocycles. The number of hydrogen-bond acceptors (Lipinski definition) is 2. The largest absolute Gasteiger partial charge is 0.351 e. The van der Waals surface area contributed by atoms with Gasteiger partial charge in [0, 0.05) is 26.1 Å². The van der Waals surface area contributed by atoms with Crippen molar-refractivity contribution in [1.82, 2.24) is 10.2 Å². The molecule has 0 aliphatic carbocycles. The molecule has 0 radical (unpaired) electrons. The summed E-state index contributed by atoms with van der Waals surface area (Å²) in [7, 11) is 0. The molecule has 4 heteroatoms. The van der Waals surface area contributed by atoms with Gasteiger partial charge in [-0.1, -0.05) is 90.5 Å². The number of piperidine rings is 1. The van der Waals surface area contributed by atoms with Gasteiger partial charge in [0.05, 0.1) is 5.41 Å². The number of nitrogens with zero attached hydrogens (tertiary/aromatic N) is 1. The molecule has 4 nitrogen and oxygen atoms in total. The van der Waals surface area contributed by atoms with Crippen molar-refractivity contribution in [3.8, 4) is 0 Å². The molecule has 1 saturated heterocycles. The number of carbonyl (C=O) groups is 2. The summed E-state index contributed by atoms with van der Waals surface area (Å²) in [4.78, 5) is 28.3. The van der Waals surface area contributed by atoms with Gasteiger partial charge in [-0.3, -0.25) is 9.59 Å². The highest BCUT2D eigenvalue weighted by Gasteiger charge is 2.43. The molecule has 1 N–H and O–H groups in total. The molecule has 3 aromatic carbocycles. The summed E-state index contributed by atoms with van der Waals surface area (Å²) in [5.74, 6) is 0.214. The van der Waals surface area contributed by atoms with Crippen LogP contribution in [0.2, 0.25) is 0 Å². The standard InChI is InChI=1S/C29H32N2O2/c1-23-12-14-25(15-13-23)22-30-28(33)29(26-10-6-3-7-11-26)18-20-31(21-19-29)27(32)17-16-24-8-4-2-5-9-24/h2-15H,16-22H2,1H3,(H,30,33). The average molecular weight is 441 g/mol. The van der Waals surface area contributed by atoms with Crippen LogP contribution in [0.4, 0.5) is 0 Å². The minimum atomic E-state index is -0.609. The van der Waals surface area contributed by atoms with Crippen LogP contribution in [0.25, 0.3) is 0 Å². The van der Waals surface area contributed by atoms with Gasteiger partial charge in [0.2, 0.25) is 11.8 Å². The summed E-state index contributed by atoms with van der Waals surface area (Å²) in [5.41, 5.74) is 3.89. The molecule has 2 amide bonds. The van der Waals surface area contributed by atoms with Crippen LogP contribution in [0.3, 0.4) is 0 Å². The number of hydrogen-bond donors (Lipinski definition) is 1. The van der Waals surface area contributed by atoms with Crippen LogP contribution in [-0.4, -0.2) is 29.8 Å². The summed E-state index contributed by atoms with van der Waals surface area (Å²) in [6.07, 6.45) is 2.51. The van der Waals surface area contributed by atoms with Crippen LogP contribution in [0, 0.1) is 6.92 Å². The summed E-state index contributed by atoms with van der Waals surface area (Å²) in [6.45, 7) is 3.76. The van der Waals surface area contributed by atoms with Crippen LogP contribution in [0.1, 0.15) is 41.5 Å². The third-order valence-corrected chi connectivity index (χ3v) is 6.77. The quantitative estimate of drug-likeness (QED) is 0.574. The first-order valence-electron chi connectivity index (χ1n) is 11.8. The monoisotopic (exact) mass is 440 g/mol. The number of amides is 2. The van der Waals surface area contributed by atoms with Crippen LogP contribution in [-0.2, 0) is 28.0 Å². The topological polar surface area (TPSA) is 49.4 Å². The van der Waals surface area contributed by atoms with E-state index in [9.17, 15) is 9.59 Å². The van der Waals surface area contributed by atoms with Gasteiger partial charge < -0.3 is 10.2 Å². The first-order chi connectivity index (χ1) is 16.1. The number of likely N-dealkylation sites (tertiary alicyclic amines) is 1. The zero-order valence-corrected chi connectivity index (χ0v) is 19.3. The minimum absolute atomic E-state index is 0.0469. The molecule has 170 valence electrons. The molecule has 3 aromatic rings. The van der Waals surface area contributed by atoms with Gasteiger partial charge in [0.15, 0.2) is 0 Å². The van der Waals surface area contributed by atoms with E-state index in [1.165, 1.54) is 11.1 Å². The van der Waals surface area contributed by atoms with Crippen LogP contribution in [0.5, 0.6) is 0 Å². The number of aryl methyl sites for hydroxylation is 2. The number of carbonyl (C=O) groups excluding carboxylic acids is 2. The minimum Gasteiger partial charge on any atom is -0.351 e. The van der Waals surface area contributed by atoms with E-state index in [0.29, 0.717) is 38.9 Å². The Bertz CT molecular complexity index is 1050. The second-order valence-corrected chi connectivity index (χ2v) is 8.98. The summed E-state index contributed by atoms with van der Waals surface area (Å²) in [5, 5.41) is 3.18. The van der Waals surface area contributed by atoms with Gasteiger partial charge in [-0.25, -0.2) is 0 Å². The Labute approximate surface area is 196 Å². The Morgan fingerprint density at radius 2 is 1.42 bits per heavy atom. The Morgan fingerprint density at radius 1 is 0.818 bits per heavy atom. The molecule has 4 rings (SSSR count). The predicted molar refractivity (Wildman–Crippen MR) is 132 cm³/mol. The average Bonchev–Trinajstić information content (AvgIpc) is 2.88. The first kappa shape index (κ1) is 22.8. The maximum Gasteiger partial charge on any atom is 0.231 e. The maximum atomic E-state index is 13.5. The van der Waals surface area contributed by atoms with Crippen molar-refractivity contribution in [1.29, 1.82) is 0 Å². The molecular formula is C29H32N2O2. The molecular weight excluding hydrogens is 408 g/mol. The van der Waals surface area contributed by atoms with E-state index >= 15 is 0 Å².